The molecule has 0 bridgehead atoms. The number of carbonyl (C=O) groups excluding carboxylic acids is 1. The van der Waals surface area contributed by atoms with Crippen LogP contribution >= 0.6 is 11.8 Å². The lowest BCUT2D eigenvalue weighted by atomic mass is 10.1. The maximum atomic E-state index is 12.3. The molecule has 1 aromatic heterocycles. The van der Waals surface area contributed by atoms with E-state index in [2.05, 4.69) is 10.3 Å². The number of thioether (sulfide) groups is 1. The molecule has 1 aliphatic heterocycles. The summed E-state index contributed by atoms with van der Waals surface area (Å²) in [4.78, 5) is 28.7. The number of rotatable bonds is 2. The second-order valence-corrected chi connectivity index (χ2v) is 6.15. The number of carbonyl (C=O) groups is 1. The van der Waals surface area contributed by atoms with Gasteiger partial charge in [-0.1, -0.05) is 17.8 Å². The predicted molar refractivity (Wildman–Crippen MR) is 83.1 cm³/mol. The Labute approximate surface area is 126 Å². The predicted octanol–water partition coefficient (Wildman–Crippen LogP) is 2.22. The van der Waals surface area contributed by atoms with Gasteiger partial charge in [-0.2, -0.15) is 0 Å². The lowest BCUT2D eigenvalue weighted by Gasteiger charge is -2.08. The van der Waals surface area contributed by atoms with Gasteiger partial charge in [0.2, 0.25) is 0 Å². The van der Waals surface area contributed by atoms with Crippen LogP contribution in [0.15, 0.2) is 34.3 Å². The third-order valence-electron chi connectivity index (χ3n) is 3.28. The molecule has 1 amide bonds. The molecular weight excluding hydrogens is 286 g/mol. The highest BCUT2D eigenvalue weighted by molar-refractivity contribution is 7.99. The third-order valence-corrected chi connectivity index (χ3v) is 4.25. The van der Waals surface area contributed by atoms with Crippen LogP contribution in [-0.4, -0.2) is 21.2 Å². The van der Waals surface area contributed by atoms with E-state index in [0.29, 0.717) is 17.4 Å². The van der Waals surface area contributed by atoms with Gasteiger partial charge in [-0.3, -0.25) is 14.2 Å². The summed E-state index contributed by atoms with van der Waals surface area (Å²) in [5.41, 5.74) is 2.63. The molecule has 108 valence electrons. The average molecular weight is 301 g/mol. The van der Waals surface area contributed by atoms with Crippen molar-refractivity contribution in [2.75, 3.05) is 11.1 Å². The smallest absolute Gasteiger partial charge is 0.267 e. The number of benzene rings is 1. The third kappa shape index (κ3) is 2.71. The maximum Gasteiger partial charge on any atom is 0.267 e. The van der Waals surface area contributed by atoms with Gasteiger partial charge in [-0.15, -0.1) is 0 Å². The first-order chi connectivity index (χ1) is 10.0. The van der Waals surface area contributed by atoms with Gasteiger partial charge in [0.1, 0.15) is 5.56 Å². The number of nitrogens with zero attached hydrogens (tertiary/aromatic N) is 2. The number of nitrogens with one attached hydrogen (secondary N) is 1. The summed E-state index contributed by atoms with van der Waals surface area (Å²) in [6.07, 6.45) is 1.37. The monoisotopic (exact) mass is 301 g/mol. The quantitative estimate of drug-likeness (QED) is 0.864. The van der Waals surface area contributed by atoms with Crippen molar-refractivity contribution in [3.05, 3.63) is 51.4 Å². The summed E-state index contributed by atoms with van der Waals surface area (Å²) >= 11 is 1.53. The highest BCUT2D eigenvalue weighted by atomic mass is 32.2. The number of hydrogen-bond donors (Lipinski definition) is 1. The van der Waals surface area contributed by atoms with Crippen LogP contribution in [0.25, 0.3) is 0 Å². The fourth-order valence-electron chi connectivity index (χ4n) is 2.42. The largest absolute Gasteiger partial charge is 0.322 e. The van der Waals surface area contributed by atoms with Crippen LogP contribution in [0.1, 0.15) is 21.5 Å². The normalized spacial score (nSPS) is 13.0. The van der Waals surface area contributed by atoms with Crippen LogP contribution in [0.5, 0.6) is 0 Å². The highest BCUT2D eigenvalue weighted by Gasteiger charge is 2.20. The molecule has 0 fully saturated rings. The Bertz CT molecular complexity index is 763. The summed E-state index contributed by atoms with van der Waals surface area (Å²) in [6.45, 7) is 4.54. The molecule has 0 spiro atoms. The molecule has 2 heterocycles. The summed E-state index contributed by atoms with van der Waals surface area (Å²) in [6, 6.07) is 5.77. The molecule has 6 heteroatoms. The lowest BCUT2D eigenvalue weighted by Crippen LogP contribution is -2.29. The first-order valence-corrected chi connectivity index (χ1v) is 7.65. The van der Waals surface area contributed by atoms with Crippen molar-refractivity contribution in [1.82, 2.24) is 9.55 Å². The molecule has 2 aromatic rings. The standard InChI is InChI=1S/C15H15N3O2S/c1-9-5-10(2)7-11(6-9)17-13(19)12-8-16-15-18(14(12)20)3-4-21-15/h5-8H,3-4H2,1-2H3,(H,17,19). The zero-order valence-corrected chi connectivity index (χ0v) is 12.7. The van der Waals surface area contributed by atoms with Crippen LogP contribution in [0, 0.1) is 13.8 Å². The number of anilines is 1. The molecule has 0 aliphatic carbocycles. The van der Waals surface area contributed by atoms with Crippen molar-refractivity contribution in [1.29, 1.82) is 0 Å². The van der Waals surface area contributed by atoms with Gasteiger partial charge < -0.3 is 5.32 Å². The van der Waals surface area contributed by atoms with Crippen LogP contribution in [0.2, 0.25) is 0 Å². The Morgan fingerprint density at radius 2 is 2.00 bits per heavy atom. The lowest BCUT2D eigenvalue weighted by molar-refractivity contribution is 0.102. The number of amides is 1. The van der Waals surface area contributed by atoms with E-state index in [1.54, 1.807) is 4.57 Å². The first-order valence-electron chi connectivity index (χ1n) is 6.67. The summed E-state index contributed by atoms with van der Waals surface area (Å²) in [5.74, 6) is 0.411. The molecule has 0 atom stereocenters. The molecular formula is C15H15N3O2S. The molecule has 5 nitrogen and oxygen atoms in total. The van der Waals surface area contributed by atoms with Crippen LogP contribution < -0.4 is 10.9 Å². The molecule has 1 aromatic carbocycles. The van der Waals surface area contributed by atoms with Crippen LogP contribution in [-0.2, 0) is 6.54 Å². The van der Waals surface area contributed by atoms with E-state index in [4.69, 9.17) is 0 Å². The maximum absolute atomic E-state index is 12.3. The van der Waals surface area contributed by atoms with Crippen molar-refractivity contribution >= 4 is 23.4 Å². The second kappa shape index (κ2) is 5.37. The number of hydrogen-bond acceptors (Lipinski definition) is 4. The minimum Gasteiger partial charge on any atom is -0.322 e. The second-order valence-electron chi connectivity index (χ2n) is 5.09. The van der Waals surface area contributed by atoms with E-state index in [-0.39, 0.29) is 11.1 Å². The Kier molecular flexibility index (Phi) is 3.55. The zero-order chi connectivity index (χ0) is 15.0. The van der Waals surface area contributed by atoms with Gasteiger partial charge >= 0.3 is 0 Å². The van der Waals surface area contributed by atoms with Gasteiger partial charge in [0.15, 0.2) is 5.16 Å². The van der Waals surface area contributed by atoms with Gasteiger partial charge in [-0.05, 0) is 37.1 Å². The SMILES string of the molecule is Cc1cc(C)cc(NC(=O)c2cnc3n(c2=O)CCS3)c1. The van der Waals surface area contributed by atoms with E-state index in [1.807, 2.05) is 32.0 Å². The minimum absolute atomic E-state index is 0.0837. The average Bonchev–Trinajstić information content (AvgIpc) is 2.86. The van der Waals surface area contributed by atoms with E-state index in [9.17, 15) is 9.59 Å². The Morgan fingerprint density at radius 1 is 1.29 bits per heavy atom. The summed E-state index contributed by atoms with van der Waals surface area (Å²) in [7, 11) is 0. The first kappa shape index (κ1) is 13.9. The summed E-state index contributed by atoms with van der Waals surface area (Å²) in [5, 5.41) is 3.46. The number of aryl methyl sites for hydroxylation is 2. The fraction of sp³-hybridized carbons (Fsp3) is 0.267. The van der Waals surface area contributed by atoms with Crippen LogP contribution in [0.4, 0.5) is 5.69 Å². The van der Waals surface area contributed by atoms with Gasteiger partial charge in [0, 0.05) is 24.2 Å². The van der Waals surface area contributed by atoms with E-state index in [1.165, 1.54) is 18.0 Å². The number of fused-ring (bicyclic) bond motifs is 1. The fourth-order valence-corrected chi connectivity index (χ4v) is 3.33. The Hall–Kier alpha value is -2.08. The summed E-state index contributed by atoms with van der Waals surface area (Å²) < 4.78 is 1.56. The molecule has 1 aliphatic rings. The molecule has 0 saturated heterocycles. The molecule has 1 N–H and O–H groups in total. The van der Waals surface area contributed by atoms with Crippen molar-refractivity contribution in [2.24, 2.45) is 0 Å². The van der Waals surface area contributed by atoms with E-state index >= 15 is 0 Å². The van der Waals surface area contributed by atoms with E-state index < -0.39 is 5.91 Å². The van der Waals surface area contributed by atoms with Gasteiger partial charge in [-0.25, -0.2) is 4.98 Å². The van der Waals surface area contributed by atoms with E-state index in [0.717, 1.165) is 16.9 Å². The molecule has 0 unspecified atom stereocenters. The van der Waals surface area contributed by atoms with Crippen LogP contribution in [0.3, 0.4) is 0 Å². The minimum atomic E-state index is -0.412. The Morgan fingerprint density at radius 3 is 2.71 bits per heavy atom. The molecule has 3 rings (SSSR count). The van der Waals surface area contributed by atoms with Crippen molar-refractivity contribution in [3.63, 3.8) is 0 Å². The zero-order valence-electron chi connectivity index (χ0n) is 11.8. The number of aromatic nitrogens is 2. The van der Waals surface area contributed by atoms with Gasteiger partial charge in [0.25, 0.3) is 11.5 Å². The Balaban J connectivity index is 1.91. The van der Waals surface area contributed by atoms with Crippen molar-refractivity contribution < 1.29 is 4.79 Å². The van der Waals surface area contributed by atoms with Gasteiger partial charge in [0.05, 0.1) is 0 Å². The van der Waals surface area contributed by atoms with Crippen molar-refractivity contribution in [2.45, 2.75) is 25.5 Å². The molecule has 21 heavy (non-hydrogen) atoms. The highest BCUT2D eigenvalue weighted by Crippen LogP contribution is 2.21. The molecule has 0 saturated carbocycles. The molecule has 0 radical (unpaired) electrons. The van der Waals surface area contributed by atoms with Crippen molar-refractivity contribution in [3.8, 4) is 0 Å². The topological polar surface area (TPSA) is 64.0 Å².